The number of carbonyl (C=O) groups is 2. The predicted octanol–water partition coefficient (Wildman–Crippen LogP) is 0.397. The van der Waals surface area contributed by atoms with Gasteiger partial charge in [-0.1, -0.05) is 0 Å². The Morgan fingerprint density at radius 1 is 1.38 bits per heavy atom. The first-order valence-electron chi connectivity index (χ1n) is 5.02. The molecule has 0 spiro atoms. The lowest BCUT2D eigenvalue weighted by atomic mass is 10.2. The smallest absolute Gasteiger partial charge is 0.319 e. The number of nitrogens with zero attached hydrogens (tertiary/aromatic N) is 1. The normalized spacial score (nSPS) is 15.3. The molecule has 0 heterocycles. The first-order chi connectivity index (χ1) is 7.11. The molecule has 0 aliphatic rings. The highest BCUT2D eigenvalue weighted by molar-refractivity contribution is 7.81. The Morgan fingerprint density at radius 3 is 2.19 bits per heavy atom. The van der Waals surface area contributed by atoms with Gasteiger partial charge in [-0.3, -0.25) is 9.59 Å². The fourth-order valence-corrected chi connectivity index (χ4v) is 1.27. The van der Waals surface area contributed by atoms with E-state index in [1.165, 1.54) is 0 Å². The monoisotopic (exact) mass is 250 g/mol. The molecule has 5 nitrogen and oxygen atoms in total. The fourth-order valence-electron chi connectivity index (χ4n) is 1.21. The molecule has 2 atom stereocenters. The highest BCUT2D eigenvalue weighted by atomic mass is 32.1. The van der Waals surface area contributed by atoms with Crippen molar-refractivity contribution in [3.8, 4) is 0 Å². The lowest BCUT2D eigenvalue weighted by Crippen LogP contribution is -2.44. The largest absolute Gasteiger partial charge is 0.481 e. The lowest BCUT2D eigenvalue weighted by Gasteiger charge is -2.28. The molecular weight excluding hydrogens is 230 g/mol. The molecule has 16 heavy (non-hydrogen) atoms. The Kier molecular flexibility index (Phi) is 5.81. The SMILES string of the molecule is CC(S)C(=O)OC(CC(=O)O)C[N+](C)(C)C. The number of hydrogen-bond acceptors (Lipinski definition) is 4. The summed E-state index contributed by atoms with van der Waals surface area (Å²) < 4.78 is 5.62. The summed E-state index contributed by atoms with van der Waals surface area (Å²) in [7, 11) is 5.73. The number of ether oxygens (including phenoxy) is 1. The van der Waals surface area contributed by atoms with Crippen LogP contribution in [0.3, 0.4) is 0 Å². The fraction of sp³-hybridized carbons (Fsp3) is 0.800. The molecule has 0 rings (SSSR count). The number of aliphatic carboxylic acids is 1. The van der Waals surface area contributed by atoms with Crippen molar-refractivity contribution in [2.45, 2.75) is 24.7 Å². The van der Waals surface area contributed by atoms with Crippen LogP contribution in [-0.2, 0) is 14.3 Å². The molecule has 0 aromatic heterocycles. The molecule has 0 aromatic rings. The number of quaternary nitrogens is 1. The molecule has 0 radical (unpaired) electrons. The molecule has 0 aliphatic carbocycles. The van der Waals surface area contributed by atoms with Crippen molar-refractivity contribution in [2.75, 3.05) is 27.7 Å². The van der Waals surface area contributed by atoms with Gasteiger partial charge >= 0.3 is 11.9 Å². The van der Waals surface area contributed by atoms with E-state index in [-0.39, 0.29) is 6.42 Å². The molecule has 2 unspecified atom stereocenters. The Morgan fingerprint density at radius 2 is 1.88 bits per heavy atom. The summed E-state index contributed by atoms with van der Waals surface area (Å²) in [4.78, 5) is 22.0. The van der Waals surface area contributed by atoms with Crippen LogP contribution in [0, 0.1) is 0 Å². The second kappa shape index (κ2) is 6.10. The number of carboxylic acids is 1. The molecule has 0 aromatic carbocycles. The molecular formula is C10H20NO4S+. The molecule has 0 aliphatic heterocycles. The van der Waals surface area contributed by atoms with Gasteiger partial charge in [0.1, 0.15) is 6.54 Å². The van der Waals surface area contributed by atoms with Gasteiger partial charge < -0.3 is 14.3 Å². The lowest BCUT2D eigenvalue weighted by molar-refractivity contribution is -0.873. The quantitative estimate of drug-likeness (QED) is 0.407. The van der Waals surface area contributed by atoms with Crippen LogP contribution in [0.4, 0.5) is 0 Å². The molecule has 0 amide bonds. The van der Waals surface area contributed by atoms with E-state index in [0.29, 0.717) is 11.0 Å². The predicted molar refractivity (Wildman–Crippen MR) is 63.5 cm³/mol. The van der Waals surface area contributed by atoms with Gasteiger partial charge in [-0.25, -0.2) is 0 Å². The van der Waals surface area contributed by atoms with Crippen LogP contribution in [0.2, 0.25) is 0 Å². The highest BCUT2D eigenvalue weighted by Gasteiger charge is 2.25. The van der Waals surface area contributed by atoms with Crippen LogP contribution >= 0.6 is 12.6 Å². The molecule has 1 N–H and O–H groups in total. The number of esters is 1. The number of carboxylic acid groups (broad SMARTS) is 1. The maximum absolute atomic E-state index is 11.3. The summed E-state index contributed by atoms with van der Waals surface area (Å²) in [5.41, 5.74) is 0. The first-order valence-corrected chi connectivity index (χ1v) is 5.54. The van der Waals surface area contributed by atoms with Crippen LogP contribution in [0.25, 0.3) is 0 Å². The Bertz CT molecular complexity index is 260. The summed E-state index contributed by atoms with van der Waals surface area (Å²) in [5, 5.41) is 8.18. The van der Waals surface area contributed by atoms with E-state index in [4.69, 9.17) is 9.84 Å². The standard InChI is InChI=1S/C10H19NO4S/c1-7(16)10(14)15-8(5-9(12)13)6-11(2,3)4/h7-8H,5-6H2,1-4H3,(H-,12,13,16)/p+1. The van der Waals surface area contributed by atoms with Gasteiger partial charge in [0.2, 0.25) is 0 Å². The molecule has 94 valence electrons. The van der Waals surface area contributed by atoms with Crippen LogP contribution in [0.15, 0.2) is 0 Å². The van der Waals surface area contributed by atoms with E-state index in [9.17, 15) is 9.59 Å². The second-order valence-corrected chi connectivity index (χ2v) is 5.58. The summed E-state index contributed by atoms with van der Waals surface area (Å²) in [6.07, 6.45) is -0.790. The molecule has 0 saturated carbocycles. The molecule has 6 heteroatoms. The van der Waals surface area contributed by atoms with Crippen LogP contribution in [-0.4, -0.2) is 60.6 Å². The maximum Gasteiger partial charge on any atom is 0.319 e. The van der Waals surface area contributed by atoms with Gasteiger partial charge in [-0.2, -0.15) is 12.6 Å². The van der Waals surface area contributed by atoms with Gasteiger partial charge in [0, 0.05) is 0 Å². The molecule has 0 fully saturated rings. The van der Waals surface area contributed by atoms with Crippen LogP contribution in [0.5, 0.6) is 0 Å². The summed E-state index contributed by atoms with van der Waals surface area (Å²) in [5.74, 6) is -1.46. The number of rotatable bonds is 6. The zero-order valence-corrected chi connectivity index (χ0v) is 11.0. The van der Waals surface area contributed by atoms with Crippen molar-refractivity contribution in [1.82, 2.24) is 0 Å². The number of likely N-dealkylation sites (N-methyl/N-ethyl adjacent to an activating group) is 1. The number of hydrogen-bond donors (Lipinski definition) is 2. The van der Waals surface area contributed by atoms with Crippen molar-refractivity contribution in [1.29, 1.82) is 0 Å². The molecule has 0 bridgehead atoms. The highest BCUT2D eigenvalue weighted by Crippen LogP contribution is 2.08. The van der Waals surface area contributed by atoms with Gasteiger partial charge in [-0.05, 0) is 6.92 Å². The minimum absolute atomic E-state index is 0.179. The van der Waals surface area contributed by atoms with Crippen molar-refractivity contribution < 1.29 is 23.9 Å². The first kappa shape index (κ1) is 15.2. The number of carbonyl (C=O) groups excluding carboxylic acids is 1. The summed E-state index contributed by atoms with van der Waals surface area (Å²) in [6.45, 7) is 2.05. The van der Waals surface area contributed by atoms with Crippen molar-refractivity contribution in [2.24, 2.45) is 0 Å². The summed E-state index contributed by atoms with van der Waals surface area (Å²) in [6, 6.07) is 0. The average Bonchev–Trinajstić information content (AvgIpc) is 1.98. The average molecular weight is 250 g/mol. The van der Waals surface area contributed by atoms with Crippen LogP contribution in [0.1, 0.15) is 13.3 Å². The van der Waals surface area contributed by atoms with Gasteiger partial charge in [0.25, 0.3) is 0 Å². The number of thiol groups is 1. The van der Waals surface area contributed by atoms with E-state index >= 15 is 0 Å². The topological polar surface area (TPSA) is 63.6 Å². The zero-order valence-electron chi connectivity index (χ0n) is 10.1. The molecule has 0 saturated heterocycles. The third-order valence-corrected chi connectivity index (χ3v) is 1.99. The Hall–Kier alpha value is -0.750. The van der Waals surface area contributed by atoms with E-state index in [2.05, 4.69) is 12.6 Å². The van der Waals surface area contributed by atoms with Crippen molar-refractivity contribution in [3.63, 3.8) is 0 Å². The third-order valence-electron chi connectivity index (χ3n) is 1.78. The zero-order chi connectivity index (χ0) is 12.9. The van der Waals surface area contributed by atoms with E-state index in [1.807, 2.05) is 21.1 Å². The van der Waals surface area contributed by atoms with Crippen LogP contribution < -0.4 is 0 Å². The van der Waals surface area contributed by atoms with Crippen molar-refractivity contribution >= 4 is 24.6 Å². The third kappa shape index (κ3) is 7.53. The van der Waals surface area contributed by atoms with Gasteiger partial charge in [0.05, 0.1) is 32.8 Å². The van der Waals surface area contributed by atoms with Crippen molar-refractivity contribution in [3.05, 3.63) is 0 Å². The minimum Gasteiger partial charge on any atom is -0.481 e. The van der Waals surface area contributed by atoms with E-state index in [1.54, 1.807) is 6.92 Å². The van der Waals surface area contributed by atoms with Gasteiger partial charge in [0.15, 0.2) is 6.10 Å². The Labute approximate surface area is 101 Å². The summed E-state index contributed by atoms with van der Waals surface area (Å²) >= 11 is 3.94. The minimum atomic E-state index is -0.974. The Balaban J connectivity index is 4.43. The van der Waals surface area contributed by atoms with E-state index in [0.717, 1.165) is 0 Å². The van der Waals surface area contributed by atoms with Gasteiger partial charge in [-0.15, -0.1) is 0 Å². The maximum atomic E-state index is 11.3. The second-order valence-electron chi connectivity index (χ2n) is 4.81. The van der Waals surface area contributed by atoms with E-state index < -0.39 is 23.3 Å².